The van der Waals surface area contributed by atoms with Gasteiger partial charge in [0.25, 0.3) is 0 Å². The number of hydrogen-bond acceptors (Lipinski definition) is 5. The lowest BCUT2D eigenvalue weighted by molar-refractivity contribution is -0.127. The third kappa shape index (κ3) is 9.61. The summed E-state index contributed by atoms with van der Waals surface area (Å²) in [5, 5.41) is 6.80. The second kappa shape index (κ2) is 15.3. The smallest absolute Gasteiger partial charge is 0.243 e. The molecule has 1 aromatic rings. The fourth-order valence-electron chi connectivity index (χ4n) is 3.21. The third-order valence-corrected chi connectivity index (χ3v) is 5.14. The van der Waals surface area contributed by atoms with Crippen LogP contribution in [-0.4, -0.2) is 88.8 Å². The number of carbonyl (C=O) groups excluding carboxylic acids is 1. The van der Waals surface area contributed by atoms with Crippen LogP contribution < -0.4 is 15.4 Å². The largest absolute Gasteiger partial charge is 0.497 e. The van der Waals surface area contributed by atoms with Crippen molar-refractivity contribution < 1.29 is 14.3 Å². The van der Waals surface area contributed by atoms with Gasteiger partial charge < -0.3 is 25.0 Å². The predicted octanol–water partition coefficient (Wildman–Crippen LogP) is 2.11. The first kappa shape index (κ1) is 27.4. The number of aliphatic imine (C=N–C) groups is 1. The van der Waals surface area contributed by atoms with Gasteiger partial charge in [0.05, 0.1) is 26.4 Å². The van der Waals surface area contributed by atoms with Crippen molar-refractivity contribution in [1.82, 2.24) is 20.4 Å². The van der Waals surface area contributed by atoms with Gasteiger partial charge in [-0.05, 0) is 24.1 Å². The highest BCUT2D eigenvalue weighted by Gasteiger charge is 2.23. The molecule has 9 heteroatoms. The molecule has 0 saturated carbocycles. The van der Waals surface area contributed by atoms with Crippen molar-refractivity contribution >= 4 is 35.8 Å². The number of methoxy groups -OCH3 is 1. The first-order valence-corrected chi connectivity index (χ1v) is 10.7. The van der Waals surface area contributed by atoms with Gasteiger partial charge in [-0.25, -0.2) is 4.99 Å². The molecule has 0 bridgehead atoms. The molecule has 1 fully saturated rings. The summed E-state index contributed by atoms with van der Waals surface area (Å²) in [7, 11) is 5.16. The quantitative estimate of drug-likeness (QED) is 0.202. The van der Waals surface area contributed by atoms with E-state index in [2.05, 4.69) is 39.6 Å². The average molecular weight is 547 g/mol. The molecule has 1 atom stereocenters. The van der Waals surface area contributed by atoms with Gasteiger partial charge in [-0.15, -0.1) is 24.0 Å². The van der Waals surface area contributed by atoms with Crippen molar-refractivity contribution in [1.29, 1.82) is 0 Å². The first-order chi connectivity index (χ1) is 14.5. The summed E-state index contributed by atoms with van der Waals surface area (Å²) < 4.78 is 10.8. The highest BCUT2D eigenvalue weighted by Crippen LogP contribution is 2.23. The molecule has 8 nitrogen and oxygen atoms in total. The number of halogens is 1. The molecule has 1 saturated heterocycles. The zero-order valence-corrected chi connectivity index (χ0v) is 21.6. The van der Waals surface area contributed by atoms with Gasteiger partial charge in [0.15, 0.2) is 5.96 Å². The van der Waals surface area contributed by atoms with Crippen LogP contribution in [0, 0.1) is 0 Å². The van der Waals surface area contributed by atoms with Crippen molar-refractivity contribution in [2.24, 2.45) is 4.99 Å². The van der Waals surface area contributed by atoms with E-state index in [-0.39, 0.29) is 42.5 Å². The standard InChI is InChI=1S/C22H37N5O3.HI/c1-5-6-11-23-22(25-17-21(28)26(2)3)24-16-20(27-12-14-30-15-13-27)18-7-9-19(29-4)10-8-18;/h7-10,20H,5-6,11-17H2,1-4H3,(H2,23,24,25);1H. The van der Waals surface area contributed by atoms with E-state index in [0.717, 1.165) is 51.4 Å². The summed E-state index contributed by atoms with van der Waals surface area (Å²) in [5.41, 5.74) is 1.21. The Bertz CT molecular complexity index is 664. The third-order valence-electron chi connectivity index (χ3n) is 5.14. The van der Waals surface area contributed by atoms with Crippen molar-refractivity contribution in [2.75, 3.05) is 67.1 Å². The highest BCUT2D eigenvalue weighted by atomic mass is 127. The summed E-state index contributed by atoms with van der Waals surface area (Å²) in [6.45, 7) is 7.02. The Morgan fingerprint density at radius 1 is 1.23 bits per heavy atom. The van der Waals surface area contributed by atoms with Crippen LogP contribution in [-0.2, 0) is 9.53 Å². The van der Waals surface area contributed by atoms with Crippen molar-refractivity contribution in [3.8, 4) is 5.75 Å². The van der Waals surface area contributed by atoms with E-state index in [1.54, 1.807) is 26.1 Å². The van der Waals surface area contributed by atoms with Gasteiger partial charge >= 0.3 is 0 Å². The zero-order valence-electron chi connectivity index (χ0n) is 19.2. The Balaban J connectivity index is 0.00000480. The first-order valence-electron chi connectivity index (χ1n) is 10.7. The fraction of sp³-hybridized carbons (Fsp3) is 0.636. The number of benzene rings is 1. The van der Waals surface area contributed by atoms with E-state index in [4.69, 9.17) is 9.47 Å². The number of nitrogens with zero attached hydrogens (tertiary/aromatic N) is 3. The van der Waals surface area contributed by atoms with E-state index in [9.17, 15) is 4.79 Å². The second-order valence-electron chi connectivity index (χ2n) is 7.55. The maximum absolute atomic E-state index is 12.0. The minimum Gasteiger partial charge on any atom is -0.497 e. The number of amides is 1. The molecule has 1 heterocycles. The minimum absolute atomic E-state index is 0. The SMILES string of the molecule is CCCCNC(=NCC(=O)N(C)C)NCC(c1ccc(OC)cc1)N1CCOCC1.I. The molecule has 1 aliphatic heterocycles. The van der Waals surface area contributed by atoms with Crippen LogP contribution in [0.5, 0.6) is 5.75 Å². The number of guanidine groups is 1. The number of ether oxygens (including phenoxy) is 2. The van der Waals surface area contributed by atoms with Crippen LogP contribution in [0.1, 0.15) is 31.4 Å². The Morgan fingerprint density at radius 2 is 1.90 bits per heavy atom. The highest BCUT2D eigenvalue weighted by molar-refractivity contribution is 14.0. The van der Waals surface area contributed by atoms with Crippen LogP contribution in [0.4, 0.5) is 0 Å². The van der Waals surface area contributed by atoms with Crippen LogP contribution in [0.3, 0.4) is 0 Å². The van der Waals surface area contributed by atoms with Gasteiger partial charge in [-0.1, -0.05) is 25.5 Å². The molecule has 2 rings (SSSR count). The topological polar surface area (TPSA) is 78.4 Å². The number of rotatable bonds is 10. The van der Waals surface area contributed by atoms with Gasteiger partial charge in [-0.3, -0.25) is 9.69 Å². The molecular weight excluding hydrogens is 509 g/mol. The molecule has 1 aromatic carbocycles. The number of hydrogen-bond donors (Lipinski definition) is 2. The van der Waals surface area contributed by atoms with Gasteiger partial charge in [0.2, 0.25) is 5.91 Å². The molecule has 0 aromatic heterocycles. The van der Waals surface area contributed by atoms with Crippen LogP contribution in [0.25, 0.3) is 0 Å². The molecule has 0 aliphatic carbocycles. The van der Waals surface area contributed by atoms with E-state index < -0.39 is 0 Å². The minimum atomic E-state index is -0.0218. The Hall–Kier alpha value is -1.59. The Labute approximate surface area is 203 Å². The maximum atomic E-state index is 12.0. The van der Waals surface area contributed by atoms with E-state index in [1.165, 1.54) is 5.56 Å². The summed E-state index contributed by atoms with van der Waals surface area (Å²) in [6.07, 6.45) is 2.15. The van der Waals surface area contributed by atoms with Gasteiger partial charge in [0, 0.05) is 40.3 Å². The van der Waals surface area contributed by atoms with Crippen LogP contribution in [0.2, 0.25) is 0 Å². The summed E-state index contributed by atoms with van der Waals surface area (Å²) in [4.78, 5) is 20.4. The van der Waals surface area contributed by atoms with E-state index in [1.807, 2.05) is 12.1 Å². The van der Waals surface area contributed by atoms with Gasteiger partial charge in [-0.2, -0.15) is 0 Å². The van der Waals surface area contributed by atoms with Crippen molar-refractivity contribution in [3.63, 3.8) is 0 Å². The molecule has 1 unspecified atom stereocenters. The summed E-state index contributed by atoms with van der Waals surface area (Å²) in [6, 6.07) is 8.37. The summed E-state index contributed by atoms with van der Waals surface area (Å²) in [5.74, 6) is 1.50. The van der Waals surface area contributed by atoms with Crippen LogP contribution in [0.15, 0.2) is 29.3 Å². The molecule has 1 amide bonds. The van der Waals surface area contributed by atoms with Crippen molar-refractivity contribution in [3.05, 3.63) is 29.8 Å². The number of unbranched alkanes of at least 4 members (excludes halogenated alkanes) is 1. The maximum Gasteiger partial charge on any atom is 0.243 e. The summed E-state index contributed by atoms with van der Waals surface area (Å²) >= 11 is 0. The van der Waals surface area contributed by atoms with Gasteiger partial charge in [0.1, 0.15) is 12.3 Å². The normalized spacial score (nSPS) is 15.5. The molecule has 1 aliphatic rings. The number of morpholine rings is 1. The number of nitrogens with one attached hydrogen (secondary N) is 2. The van der Waals surface area contributed by atoms with Crippen LogP contribution >= 0.6 is 24.0 Å². The number of carbonyl (C=O) groups is 1. The number of likely N-dealkylation sites (N-methyl/N-ethyl adjacent to an activating group) is 1. The molecule has 0 spiro atoms. The van der Waals surface area contributed by atoms with E-state index >= 15 is 0 Å². The molecule has 0 radical (unpaired) electrons. The van der Waals surface area contributed by atoms with Crippen molar-refractivity contribution in [2.45, 2.75) is 25.8 Å². The lowest BCUT2D eigenvalue weighted by Crippen LogP contribution is -2.46. The molecule has 31 heavy (non-hydrogen) atoms. The Morgan fingerprint density at radius 3 is 2.48 bits per heavy atom. The zero-order chi connectivity index (χ0) is 21.8. The lowest BCUT2D eigenvalue weighted by atomic mass is 10.0. The lowest BCUT2D eigenvalue weighted by Gasteiger charge is -2.35. The second-order valence-corrected chi connectivity index (χ2v) is 7.55. The Kier molecular flexibility index (Phi) is 13.5. The molecular formula is C22H38IN5O3. The fourth-order valence-corrected chi connectivity index (χ4v) is 3.21. The average Bonchev–Trinajstić information content (AvgIpc) is 2.78. The monoisotopic (exact) mass is 547 g/mol. The molecule has 176 valence electrons. The van der Waals surface area contributed by atoms with E-state index in [0.29, 0.717) is 12.5 Å². The predicted molar refractivity (Wildman–Crippen MR) is 135 cm³/mol. The molecule has 2 N–H and O–H groups in total.